The predicted molar refractivity (Wildman–Crippen MR) is 80.3 cm³/mol. The van der Waals surface area contributed by atoms with E-state index < -0.39 is 0 Å². The average Bonchev–Trinajstić information content (AvgIpc) is 2.96. The number of hydrogen-bond acceptors (Lipinski definition) is 5. The van der Waals surface area contributed by atoms with E-state index in [2.05, 4.69) is 15.1 Å². The van der Waals surface area contributed by atoms with Crippen LogP contribution < -0.4 is 0 Å². The number of rotatable bonds is 3. The molecule has 0 bridgehead atoms. The molecular weight excluding hydrogens is 280 g/mol. The van der Waals surface area contributed by atoms with Crippen molar-refractivity contribution in [3.8, 4) is 0 Å². The Morgan fingerprint density at radius 1 is 1.41 bits per heavy atom. The summed E-state index contributed by atoms with van der Waals surface area (Å²) in [6.45, 7) is 5.19. The Bertz CT molecular complexity index is 650. The van der Waals surface area contributed by atoms with Crippen LogP contribution in [0.15, 0.2) is 22.9 Å². The fraction of sp³-hybridized carbons (Fsp3) is 0.500. The van der Waals surface area contributed by atoms with Gasteiger partial charge in [-0.25, -0.2) is 0 Å². The van der Waals surface area contributed by atoms with Gasteiger partial charge in [-0.15, -0.1) is 0 Å². The molecule has 0 unspecified atom stereocenters. The van der Waals surface area contributed by atoms with Crippen LogP contribution in [-0.4, -0.2) is 39.0 Å². The Balaban J connectivity index is 1.63. The first-order chi connectivity index (χ1) is 10.6. The second-order valence-corrected chi connectivity index (χ2v) is 5.84. The number of hydrogen-bond donors (Lipinski definition) is 0. The lowest BCUT2D eigenvalue weighted by Gasteiger charge is -2.31. The molecule has 3 heterocycles. The smallest absolute Gasteiger partial charge is 0.231 e. The van der Waals surface area contributed by atoms with E-state index in [1.54, 1.807) is 6.20 Å². The number of likely N-dealkylation sites (tertiary alicyclic amines) is 1. The minimum absolute atomic E-state index is 0.131. The molecule has 116 valence electrons. The highest BCUT2D eigenvalue weighted by Crippen LogP contribution is 2.26. The van der Waals surface area contributed by atoms with E-state index in [0.29, 0.717) is 24.7 Å². The van der Waals surface area contributed by atoms with Crippen molar-refractivity contribution in [3.63, 3.8) is 0 Å². The number of carbonyl (C=O) groups is 1. The van der Waals surface area contributed by atoms with Crippen molar-refractivity contribution in [2.45, 2.75) is 39.0 Å². The van der Waals surface area contributed by atoms with Gasteiger partial charge in [0.15, 0.2) is 5.82 Å². The number of piperidine rings is 1. The summed E-state index contributed by atoms with van der Waals surface area (Å²) < 4.78 is 5.25. The van der Waals surface area contributed by atoms with Crippen LogP contribution in [0.2, 0.25) is 0 Å². The summed E-state index contributed by atoms with van der Waals surface area (Å²) in [5.74, 6) is 1.57. The van der Waals surface area contributed by atoms with Crippen LogP contribution >= 0.6 is 0 Å². The molecule has 3 rings (SSSR count). The van der Waals surface area contributed by atoms with E-state index in [4.69, 9.17) is 4.52 Å². The Morgan fingerprint density at radius 2 is 2.27 bits per heavy atom. The van der Waals surface area contributed by atoms with Crippen molar-refractivity contribution in [2.75, 3.05) is 13.1 Å². The van der Waals surface area contributed by atoms with Crippen LogP contribution in [-0.2, 0) is 11.2 Å². The third kappa shape index (κ3) is 3.32. The normalized spacial score (nSPS) is 18.5. The SMILES string of the molecule is Cc1ccc(CC(=O)N2CCC[C@H](c3nc(C)no3)C2)cn1. The summed E-state index contributed by atoms with van der Waals surface area (Å²) in [6.07, 6.45) is 4.11. The van der Waals surface area contributed by atoms with Gasteiger partial charge in [0.2, 0.25) is 11.8 Å². The van der Waals surface area contributed by atoms with E-state index in [1.165, 1.54) is 0 Å². The van der Waals surface area contributed by atoms with Gasteiger partial charge < -0.3 is 9.42 Å². The monoisotopic (exact) mass is 300 g/mol. The molecule has 0 radical (unpaired) electrons. The van der Waals surface area contributed by atoms with E-state index >= 15 is 0 Å². The van der Waals surface area contributed by atoms with E-state index in [9.17, 15) is 4.79 Å². The topological polar surface area (TPSA) is 72.1 Å². The summed E-state index contributed by atoms with van der Waals surface area (Å²) in [4.78, 5) is 22.9. The second-order valence-electron chi connectivity index (χ2n) is 5.84. The molecule has 0 saturated carbocycles. The number of nitrogens with zero attached hydrogens (tertiary/aromatic N) is 4. The van der Waals surface area contributed by atoms with Crippen molar-refractivity contribution < 1.29 is 9.32 Å². The van der Waals surface area contributed by atoms with Gasteiger partial charge in [0.25, 0.3) is 0 Å². The maximum atomic E-state index is 12.5. The van der Waals surface area contributed by atoms with E-state index in [1.807, 2.05) is 30.9 Å². The van der Waals surface area contributed by atoms with Crippen molar-refractivity contribution in [1.82, 2.24) is 20.0 Å². The van der Waals surface area contributed by atoms with Gasteiger partial charge in [-0.05, 0) is 38.3 Å². The Morgan fingerprint density at radius 3 is 2.95 bits per heavy atom. The average molecular weight is 300 g/mol. The van der Waals surface area contributed by atoms with Crippen LogP contribution in [0.25, 0.3) is 0 Å². The van der Waals surface area contributed by atoms with Crippen molar-refractivity contribution in [3.05, 3.63) is 41.3 Å². The maximum absolute atomic E-state index is 12.5. The summed E-state index contributed by atoms with van der Waals surface area (Å²) >= 11 is 0. The van der Waals surface area contributed by atoms with Crippen molar-refractivity contribution in [2.24, 2.45) is 0 Å². The van der Waals surface area contributed by atoms with Crippen molar-refractivity contribution >= 4 is 5.91 Å². The molecule has 6 nitrogen and oxygen atoms in total. The van der Waals surface area contributed by atoms with Crippen LogP contribution in [0.3, 0.4) is 0 Å². The first-order valence-corrected chi connectivity index (χ1v) is 7.61. The quantitative estimate of drug-likeness (QED) is 0.867. The minimum Gasteiger partial charge on any atom is -0.342 e. The maximum Gasteiger partial charge on any atom is 0.231 e. The molecule has 0 N–H and O–H groups in total. The summed E-state index contributed by atoms with van der Waals surface area (Å²) in [6, 6.07) is 3.89. The highest BCUT2D eigenvalue weighted by atomic mass is 16.5. The summed E-state index contributed by atoms with van der Waals surface area (Å²) in [5.41, 5.74) is 1.91. The zero-order valence-corrected chi connectivity index (χ0v) is 13.0. The molecule has 1 fully saturated rings. The molecule has 6 heteroatoms. The zero-order chi connectivity index (χ0) is 15.5. The molecule has 1 atom stereocenters. The van der Waals surface area contributed by atoms with Gasteiger partial charge >= 0.3 is 0 Å². The lowest BCUT2D eigenvalue weighted by molar-refractivity contribution is -0.131. The molecule has 1 amide bonds. The number of carbonyl (C=O) groups excluding carboxylic acids is 1. The van der Waals surface area contributed by atoms with Gasteiger partial charge in [0.1, 0.15) is 0 Å². The van der Waals surface area contributed by atoms with Crippen LogP contribution in [0.4, 0.5) is 0 Å². The molecule has 0 spiro atoms. The summed E-state index contributed by atoms with van der Waals surface area (Å²) in [5, 5.41) is 3.84. The molecule has 0 aliphatic carbocycles. The van der Waals surface area contributed by atoms with Crippen molar-refractivity contribution in [1.29, 1.82) is 0 Å². The fourth-order valence-corrected chi connectivity index (χ4v) is 2.77. The lowest BCUT2D eigenvalue weighted by atomic mass is 9.97. The minimum atomic E-state index is 0.131. The van der Waals surface area contributed by atoms with E-state index in [0.717, 1.165) is 30.6 Å². The van der Waals surface area contributed by atoms with Gasteiger partial charge in [-0.3, -0.25) is 9.78 Å². The number of aryl methyl sites for hydroxylation is 2. The van der Waals surface area contributed by atoms with Crippen LogP contribution in [0.5, 0.6) is 0 Å². The highest BCUT2D eigenvalue weighted by Gasteiger charge is 2.28. The molecule has 1 saturated heterocycles. The third-order valence-electron chi connectivity index (χ3n) is 3.99. The Kier molecular flexibility index (Phi) is 4.18. The van der Waals surface area contributed by atoms with Crippen LogP contribution in [0, 0.1) is 13.8 Å². The van der Waals surface area contributed by atoms with Gasteiger partial charge in [-0.1, -0.05) is 11.2 Å². The standard InChI is InChI=1S/C16H20N4O2/c1-11-5-6-13(9-17-11)8-15(21)20-7-3-4-14(10-20)16-18-12(2)19-22-16/h5-6,9,14H,3-4,7-8,10H2,1-2H3/t14-/m0/s1. The van der Waals surface area contributed by atoms with Crippen LogP contribution in [0.1, 0.15) is 41.7 Å². The third-order valence-corrected chi connectivity index (χ3v) is 3.99. The molecule has 2 aromatic rings. The Hall–Kier alpha value is -2.24. The second kappa shape index (κ2) is 6.25. The molecule has 2 aromatic heterocycles. The molecule has 1 aliphatic heterocycles. The van der Waals surface area contributed by atoms with Gasteiger partial charge in [0.05, 0.1) is 12.3 Å². The van der Waals surface area contributed by atoms with Gasteiger partial charge in [-0.2, -0.15) is 4.98 Å². The predicted octanol–water partition coefficient (Wildman–Crippen LogP) is 2.03. The Labute approximate surface area is 129 Å². The van der Waals surface area contributed by atoms with Gasteiger partial charge in [0, 0.05) is 25.0 Å². The number of pyridine rings is 1. The number of amides is 1. The first kappa shape index (κ1) is 14.7. The zero-order valence-electron chi connectivity index (χ0n) is 13.0. The fourth-order valence-electron chi connectivity index (χ4n) is 2.77. The largest absolute Gasteiger partial charge is 0.342 e. The first-order valence-electron chi connectivity index (χ1n) is 7.61. The van der Waals surface area contributed by atoms with E-state index in [-0.39, 0.29) is 11.8 Å². The highest BCUT2D eigenvalue weighted by molar-refractivity contribution is 5.78. The number of aromatic nitrogens is 3. The molecule has 0 aromatic carbocycles. The molecule has 1 aliphatic rings. The summed E-state index contributed by atoms with van der Waals surface area (Å²) in [7, 11) is 0. The molecule has 22 heavy (non-hydrogen) atoms. The lowest BCUT2D eigenvalue weighted by Crippen LogP contribution is -2.40. The molecular formula is C16H20N4O2.